The van der Waals surface area contributed by atoms with Gasteiger partial charge in [0, 0.05) is 5.39 Å². The number of nitrogens with zero attached hydrogens (tertiary/aromatic N) is 3. The molecular weight excluding hydrogens is 366 g/mol. The van der Waals surface area contributed by atoms with E-state index in [1.165, 1.54) is 12.5 Å². The van der Waals surface area contributed by atoms with Crippen LogP contribution in [0.5, 0.6) is 0 Å². The molecule has 0 bridgehead atoms. The molecule has 136 valence electrons. The van der Waals surface area contributed by atoms with E-state index in [-0.39, 0.29) is 11.9 Å². The van der Waals surface area contributed by atoms with Gasteiger partial charge in [0.15, 0.2) is 5.65 Å². The van der Waals surface area contributed by atoms with Crippen LogP contribution in [0.4, 0.5) is 32.2 Å². The first-order valence-electron chi connectivity index (χ1n) is 6.93. The number of hydrazone groups is 1. The molecule has 0 aliphatic heterocycles. The van der Waals surface area contributed by atoms with Crippen LogP contribution in [-0.2, 0) is 12.4 Å². The number of pyridine rings is 2. The van der Waals surface area contributed by atoms with Gasteiger partial charge in [-0.2, -0.15) is 31.4 Å². The average Bonchev–Trinajstić information content (AvgIpc) is 3.05. The zero-order valence-electron chi connectivity index (χ0n) is 12.6. The number of anilines is 1. The van der Waals surface area contributed by atoms with E-state index in [9.17, 15) is 26.3 Å². The number of alkyl halides is 6. The summed E-state index contributed by atoms with van der Waals surface area (Å²) in [6, 6.07) is 5.28. The highest BCUT2D eigenvalue weighted by Gasteiger charge is 2.39. The molecule has 0 saturated heterocycles. The number of rotatable bonds is 3. The fourth-order valence-electron chi connectivity index (χ4n) is 2.07. The molecule has 3 aromatic heterocycles. The normalized spacial score (nSPS) is 12.8. The van der Waals surface area contributed by atoms with E-state index in [1.54, 1.807) is 12.1 Å². The summed E-state index contributed by atoms with van der Waals surface area (Å²) >= 11 is 0. The molecule has 0 unspecified atom stereocenters. The second-order valence-corrected chi connectivity index (χ2v) is 5.00. The molecule has 11 heteroatoms. The topological polar surface area (TPSA) is 63.3 Å². The molecule has 0 radical (unpaired) electrons. The van der Waals surface area contributed by atoms with E-state index in [1.807, 2.05) is 0 Å². The Morgan fingerprint density at radius 3 is 2.38 bits per heavy atom. The van der Waals surface area contributed by atoms with Gasteiger partial charge in [0.25, 0.3) is 0 Å². The lowest BCUT2D eigenvalue weighted by atomic mass is 10.1. The van der Waals surface area contributed by atoms with Gasteiger partial charge in [-0.05, 0) is 30.3 Å². The lowest BCUT2D eigenvalue weighted by Crippen LogP contribution is -2.14. The maximum atomic E-state index is 13.1. The number of hydrogen-bond acceptors (Lipinski definition) is 5. The van der Waals surface area contributed by atoms with Gasteiger partial charge >= 0.3 is 12.4 Å². The predicted molar refractivity (Wildman–Crippen MR) is 79.5 cm³/mol. The molecular formula is C15H8F6N4O. The van der Waals surface area contributed by atoms with E-state index in [0.717, 1.165) is 12.1 Å². The Morgan fingerprint density at radius 1 is 1.00 bits per heavy atom. The fourth-order valence-corrected chi connectivity index (χ4v) is 2.07. The molecule has 0 aromatic carbocycles. The van der Waals surface area contributed by atoms with Crippen LogP contribution in [0, 0.1) is 0 Å². The third kappa shape index (κ3) is 3.76. The Bertz CT molecular complexity index is 947. The van der Waals surface area contributed by atoms with E-state index in [2.05, 4.69) is 20.5 Å². The highest BCUT2D eigenvalue weighted by molar-refractivity contribution is 5.81. The number of furan rings is 1. The summed E-state index contributed by atoms with van der Waals surface area (Å²) in [6.07, 6.45) is -7.38. The van der Waals surface area contributed by atoms with Crippen molar-refractivity contribution < 1.29 is 30.8 Å². The minimum Gasteiger partial charge on any atom is -0.463 e. The fraction of sp³-hybridized carbons (Fsp3) is 0.133. The lowest BCUT2D eigenvalue weighted by Gasteiger charge is -2.13. The Labute approximate surface area is 141 Å². The van der Waals surface area contributed by atoms with Crippen LogP contribution in [0.25, 0.3) is 11.0 Å². The second-order valence-electron chi connectivity index (χ2n) is 5.00. The molecule has 3 aromatic rings. The molecule has 0 spiro atoms. The van der Waals surface area contributed by atoms with Gasteiger partial charge in [-0.3, -0.25) is 5.43 Å². The first-order valence-corrected chi connectivity index (χ1v) is 6.93. The van der Waals surface area contributed by atoms with E-state index < -0.39 is 34.6 Å². The zero-order chi connectivity index (χ0) is 18.9. The summed E-state index contributed by atoms with van der Waals surface area (Å²) < 4.78 is 82.7. The van der Waals surface area contributed by atoms with Crippen LogP contribution in [-0.4, -0.2) is 16.2 Å². The molecule has 3 rings (SSSR count). The summed E-state index contributed by atoms with van der Waals surface area (Å²) in [5.41, 5.74) is -1.46. The third-order valence-corrected chi connectivity index (χ3v) is 3.18. The van der Waals surface area contributed by atoms with Crippen molar-refractivity contribution in [3.05, 3.63) is 53.6 Å². The molecule has 26 heavy (non-hydrogen) atoms. The van der Waals surface area contributed by atoms with E-state index in [4.69, 9.17) is 4.42 Å². The SMILES string of the molecule is FC(F)(F)c1cc(C(F)(F)F)c2ccc(N/N=C\c3ccco3)nc2n1. The quantitative estimate of drug-likeness (QED) is 0.410. The number of halogens is 6. The summed E-state index contributed by atoms with van der Waals surface area (Å²) in [4.78, 5) is 6.87. The Hall–Kier alpha value is -3.11. The first-order chi connectivity index (χ1) is 12.1. The van der Waals surface area contributed by atoms with Crippen LogP contribution in [0.3, 0.4) is 0 Å². The van der Waals surface area contributed by atoms with E-state index in [0.29, 0.717) is 5.76 Å². The Morgan fingerprint density at radius 2 is 1.77 bits per heavy atom. The van der Waals surface area contributed by atoms with Gasteiger partial charge in [0.2, 0.25) is 0 Å². The molecule has 0 fully saturated rings. The number of nitrogens with one attached hydrogen (secondary N) is 1. The summed E-state index contributed by atoms with van der Waals surface area (Å²) in [7, 11) is 0. The maximum absolute atomic E-state index is 13.1. The number of aromatic nitrogens is 2. The molecule has 0 aliphatic rings. The van der Waals surface area contributed by atoms with Gasteiger partial charge < -0.3 is 4.42 Å². The summed E-state index contributed by atoms with van der Waals surface area (Å²) in [6.45, 7) is 0. The van der Waals surface area contributed by atoms with Gasteiger partial charge in [0.05, 0.1) is 18.0 Å². The van der Waals surface area contributed by atoms with Gasteiger partial charge in [-0.25, -0.2) is 9.97 Å². The van der Waals surface area contributed by atoms with Crippen molar-refractivity contribution >= 4 is 23.1 Å². The Kier molecular flexibility index (Phi) is 4.30. The minimum atomic E-state index is -5.04. The van der Waals surface area contributed by atoms with Crippen molar-refractivity contribution in [2.24, 2.45) is 5.10 Å². The third-order valence-electron chi connectivity index (χ3n) is 3.18. The zero-order valence-corrected chi connectivity index (χ0v) is 12.6. The van der Waals surface area contributed by atoms with Crippen LogP contribution in [0.2, 0.25) is 0 Å². The highest BCUT2D eigenvalue weighted by atomic mass is 19.4. The van der Waals surface area contributed by atoms with Crippen LogP contribution in [0.1, 0.15) is 17.0 Å². The van der Waals surface area contributed by atoms with Crippen molar-refractivity contribution in [2.75, 3.05) is 5.43 Å². The van der Waals surface area contributed by atoms with Crippen molar-refractivity contribution in [3.8, 4) is 0 Å². The van der Waals surface area contributed by atoms with Gasteiger partial charge in [0.1, 0.15) is 17.3 Å². The minimum absolute atomic E-state index is 0.0355. The lowest BCUT2D eigenvalue weighted by molar-refractivity contribution is -0.144. The summed E-state index contributed by atoms with van der Waals surface area (Å²) in [5, 5.41) is 3.18. The monoisotopic (exact) mass is 374 g/mol. The van der Waals surface area contributed by atoms with Crippen LogP contribution in [0.15, 0.2) is 46.1 Å². The molecule has 0 amide bonds. The second kappa shape index (κ2) is 6.32. The molecule has 1 N–H and O–H groups in total. The molecule has 0 atom stereocenters. The molecule has 5 nitrogen and oxygen atoms in total. The Balaban J connectivity index is 2.02. The average molecular weight is 374 g/mol. The molecule has 0 saturated carbocycles. The van der Waals surface area contributed by atoms with E-state index >= 15 is 0 Å². The van der Waals surface area contributed by atoms with Crippen molar-refractivity contribution in [2.45, 2.75) is 12.4 Å². The predicted octanol–water partition coefficient (Wildman–Crippen LogP) is 4.71. The summed E-state index contributed by atoms with van der Waals surface area (Å²) in [5.74, 6) is 0.301. The van der Waals surface area contributed by atoms with Crippen LogP contribution < -0.4 is 5.43 Å². The smallest absolute Gasteiger partial charge is 0.433 e. The van der Waals surface area contributed by atoms with Crippen molar-refractivity contribution in [1.29, 1.82) is 0 Å². The van der Waals surface area contributed by atoms with Crippen molar-refractivity contribution in [3.63, 3.8) is 0 Å². The van der Waals surface area contributed by atoms with Crippen LogP contribution >= 0.6 is 0 Å². The standard InChI is InChI=1S/C15H8F6N4O/c16-14(17,18)10-6-11(15(19,20)21)23-13-9(10)3-4-12(24-13)25-22-7-8-2-1-5-26-8/h1-7H,(H,23,24,25)/b22-7-. The maximum Gasteiger partial charge on any atom is 0.433 e. The largest absolute Gasteiger partial charge is 0.463 e. The number of hydrogen-bond donors (Lipinski definition) is 1. The van der Waals surface area contributed by atoms with Crippen molar-refractivity contribution in [1.82, 2.24) is 9.97 Å². The van der Waals surface area contributed by atoms with Gasteiger partial charge in [-0.1, -0.05) is 0 Å². The number of fused-ring (bicyclic) bond motifs is 1. The highest BCUT2D eigenvalue weighted by Crippen LogP contribution is 2.38. The van der Waals surface area contributed by atoms with Gasteiger partial charge in [-0.15, -0.1) is 0 Å². The molecule has 3 heterocycles. The first kappa shape index (κ1) is 17.7. The molecule has 0 aliphatic carbocycles.